The number of carbonyl (C=O) groups excluding carboxylic acids is 1. The fourth-order valence-corrected chi connectivity index (χ4v) is 2.99. The van der Waals surface area contributed by atoms with E-state index in [1.165, 1.54) is 12.8 Å². The summed E-state index contributed by atoms with van der Waals surface area (Å²) in [5, 5.41) is 0. The van der Waals surface area contributed by atoms with Gasteiger partial charge in [-0.25, -0.2) is 4.98 Å². The van der Waals surface area contributed by atoms with Crippen LogP contribution in [0, 0.1) is 0 Å². The molecule has 5 nitrogen and oxygen atoms in total. The number of carbonyl (C=O) groups is 1. The SMILES string of the molecule is CC(C(=O)N(C)Cc1nc2ccccc2[nH]1)N1CCCC1. The van der Waals surface area contributed by atoms with Gasteiger partial charge in [-0.05, 0) is 45.0 Å². The third-order valence-electron chi connectivity index (χ3n) is 4.25. The number of nitrogens with zero attached hydrogens (tertiary/aromatic N) is 3. The van der Waals surface area contributed by atoms with Crippen molar-refractivity contribution in [1.29, 1.82) is 0 Å². The average Bonchev–Trinajstić information content (AvgIpc) is 3.14. The van der Waals surface area contributed by atoms with E-state index >= 15 is 0 Å². The van der Waals surface area contributed by atoms with Crippen molar-refractivity contribution < 1.29 is 4.79 Å². The number of hydrogen-bond donors (Lipinski definition) is 1. The Bertz CT molecular complexity index is 597. The zero-order valence-electron chi connectivity index (χ0n) is 12.7. The molecule has 21 heavy (non-hydrogen) atoms. The van der Waals surface area contributed by atoms with Gasteiger partial charge < -0.3 is 9.88 Å². The summed E-state index contributed by atoms with van der Waals surface area (Å²) in [5.41, 5.74) is 1.96. The summed E-state index contributed by atoms with van der Waals surface area (Å²) in [7, 11) is 1.85. The summed E-state index contributed by atoms with van der Waals surface area (Å²) in [6.07, 6.45) is 2.40. The predicted molar refractivity (Wildman–Crippen MR) is 82.8 cm³/mol. The van der Waals surface area contributed by atoms with Crippen LogP contribution in [0.4, 0.5) is 0 Å². The molecule has 1 amide bonds. The summed E-state index contributed by atoms with van der Waals surface area (Å²) >= 11 is 0. The van der Waals surface area contributed by atoms with E-state index in [9.17, 15) is 4.79 Å². The van der Waals surface area contributed by atoms with Crippen molar-refractivity contribution >= 4 is 16.9 Å². The molecule has 1 aliphatic heterocycles. The molecule has 0 bridgehead atoms. The van der Waals surface area contributed by atoms with Crippen molar-refractivity contribution in [1.82, 2.24) is 19.8 Å². The summed E-state index contributed by atoms with van der Waals surface area (Å²) in [6.45, 7) is 4.59. The highest BCUT2D eigenvalue weighted by Gasteiger charge is 2.26. The van der Waals surface area contributed by atoms with Gasteiger partial charge in [0.15, 0.2) is 0 Å². The minimum Gasteiger partial charge on any atom is -0.340 e. The van der Waals surface area contributed by atoms with Gasteiger partial charge in [0.1, 0.15) is 5.82 Å². The lowest BCUT2D eigenvalue weighted by atomic mass is 10.2. The maximum absolute atomic E-state index is 12.5. The van der Waals surface area contributed by atoms with Gasteiger partial charge in [0, 0.05) is 7.05 Å². The lowest BCUT2D eigenvalue weighted by Crippen LogP contribution is -2.44. The van der Waals surface area contributed by atoms with Gasteiger partial charge in [0.2, 0.25) is 5.91 Å². The second-order valence-corrected chi connectivity index (χ2v) is 5.81. The van der Waals surface area contributed by atoms with Crippen LogP contribution in [0.3, 0.4) is 0 Å². The first-order valence-corrected chi connectivity index (χ1v) is 7.58. The highest BCUT2D eigenvalue weighted by Crippen LogP contribution is 2.15. The molecule has 2 heterocycles. The van der Waals surface area contributed by atoms with Gasteiger partial charge in [-0.2, -0.15) is 0 Å². The van der Waals surface area contributed by atoms with E-state index in [-0.39, 0.29) is 11.9 Å². The van der Waals surface area contributed by atoms with Crippen molar-refractivity contribution in [3.8, 4) is 0 Å². The second-order valence-electron chi connectivity index (χ2n) is 5.81. The molecular weight excluding hydrogens is 264 g/mol. The van der Waals surface area contributed by atoms with E-state index in [1.807, 2.05) is 38.2 Å². The molecule has 1 aliphatic rings. The molecule has 0 spiro atoms. The average molecular weight is 286 g/mol. The van der Waals surface area contributed by atoms with Gasteiger partial charge in [-0.1, -0.05) is 12.1 Å². The van der Waals surface area contributed by atoms with E-state index in [0.29, 0.717) is 6.54 Å². The van der Waals surface area contributed by atoms with Crippen LogP contribution < -0.4 is 0 Å². The molecule has 1 aromatic heterocycles. The number of likely N-dealkylation sites (N-methyl/N-ethyl adjacent to an activating group) is 1. The largest absolute Gasteiger partial charge is 0.340 e. The number of imidazole rings is 1. The lowest BCUT2D eigenvalue weighted by molar-refractivity contribution is -0.135. The number of likely N-dealkylation sites (tertiary alicyclic amines) is 1. The molecule has 1 saturated heterocycles. The number of fused-ring (bicyclic) bond motifs is 1. The van der Waals surface area contributed by atoms with E-state index in [4.69, 9.17) is 0 Å². The zero-order valence-corrected chi connectivity index (χ0v) is 12.7. The Balaban J connectivity index is 1.67. The number of benzene rings is 1. The number of aromatic amines is 1. The van der Waals surface area contributed by atoms with Gasteiger partial charge in [0.25, 0.3) is 0 Å². The minimum atomic E-state index is -0.0399. The van der Waals surface area contributed by atoms with E-state index in [2.05, 4.69) is 14.9 Å². The molecule has 5 heteroatoms. The van der Waals surface area contributed by atoms with Crippen molar-refractivity contribution in [2.75, 3.05) is 20.1 Å². The van der Waals surface area contributed by atoms with Crippen molar-refractivity contribution in [3.63, 3.8) is 0 Å². The Kier molecular flexibility index (Phi) is 3.92. The van der Waals surface area contributed by atoms with Crippen LogP contribution in [0.2, 0.25) is 0 Å². The molecule has 112 valence electrons. The maximum Gasteiger partial charge on any atom is 0.239 e. The number of nitrogens with one attached hydrogen (secondary N) is 1. The number of rotatable bonds is 4. The highest BCUT2D eigenvalue weighted by molar-refractivity contribution is 5.81. The van der Waals surface area contributed by atoms with Crippen molar-refractivity contribution in [3.05, 3.63) is 30.1 Å². The smallest absolute Gasteiger partial charge is 0.239 e. The Labute approximate surface area is 125 Å². The third-order valence-corrected chi connectivity index (χ3v) is 4.25. The molecule has 1 unspecified atom stereocenters. The normalized spacial score (nSPS) is 17.2. The van der Waals surface area contributed by atoms with Crippen molar-refractivity contribution in [2.24, 2.45) is 0 Å². The Morgan fingerprint density at radius 3 is 2.81 bits per heavy atom. The summed E-state index contributed by atoms with van der Waals surface area (Å²) in [4.78, 5) is 24.3. The van der Waals surface area contributed by atoms with Crippen LogP contribution in [-0.4, -0.2) is 51.9 Å². The Hall–Kier alpha value is -1.88. The predicted octanol–water partition coefficient (Wildman–Crippen LogP) is 2.01. The lowest BCUT2D eigenvalue weighted by Gasteiger charge is -2.27. The van der Waals surface area contributed by atoms with Crippen LogP contribution in [0.25, 0.3) is 11.0 Å². The monoisotopic (exact) mass is 286 g/mol. The van der Waals surface area contributed by atoms with Gasteiger partial charge in [-0.15, -0.1) is 0 Å². The number of hydrogen-bond acceptors (Lipinski definition) is 3. The zero-order chi connectivity index (χ0) is 14.8. The maximum atomic E-state index is 12.5. The third kappa shape index (κ3) is 2.93. The molecule has 0 radical (unpaired) electrons. The number of aromatic nitrogens is 2. The van der Waals surface area contributed by atoms with Gasteiger partial charge >= 0.3 is 0 Å². The quantitative estimate of drug-likeness (QED) is 0.935. The molecular formula is C16H22N4O. The minimum absolute atomic E-state index is 0.0399. The van der Waals surface area contributed by atoms with Crippen LogP contribution in [0.1, 0.15) is 25.6 Å². The number of amides is 1. The van der Waals surface area contributed by atoms with Crippen molar-refractivity contribution in [2.45, 2.75) is 32.4 Å². The van der Waals surface area contributed by atoms with Crippen LogP contribution in [0.15, 0.2) is 24.3 Å². The number of H-pyrrole nitrogens is 1. The molecule has 0 saturated carbocycles. The molecule has 1 N–H and O–H groups in total. The summed E-state index contributed by atoms with van der Waals surface area (Å²) in [6, 6.07) is 7.89. The number of para-hydroxylation sites is 2. The molecule has 1 aromatic carbocycles. The first-order chi connectivity index (χ1) is 10.1. The second kappa shape index (κ2) is 5.85. The van der Waals surface area contributed by atoms with E-state index in [1.54, 1.807) is 4.90 Å². The van der Waals surface area contributed by atoms with Gasteiger partial charge in [-0.3, -0.25) is 9.69 Å². The van der Waals surface area contributed by atoms with Gasteiger partial charge in [0.05, 0.1) is 23.6 Å². The Morgan fingerprint density at radius 1 is 1.38 bits per heavy atom. The van der Waals surface area contributed by atoms with Crippen LogP contribution >= 0.6 is 0 Å². The van der Waals surface area contributed by atoms with E-state index < -0.39 is 0 Å². The van der Waals surface area contributed by atoms with Crippen LogP contribution in [-0.2, 0) is 11.3 Å². The molecule has 1 atom stereocenters. The fourth-order valence-electron chi connectivity index (χ4n) is 2.99. The molecule has 1 fully saturated rings. The Morgan fingerprint density at radius 2 is 2.10 bits per heavy atom. The van der Waals surface area contributed by atoms with Crippen LogP contribution in [0.5, 0.6) is 0 Å². The molecule has 3 rings (SSSR count). The highest BCUT2D eigenvalue weighted by atomic mass is 16.2. The summed E-state index contributed by atoms with van der Waals surface area (Å²) in [5.74, 6) is 0.998. The first kappa shape index (κ1) is 14.1. The first-order valence-electron chi connectivity index (χ1n) is 7.58. The topological polar surface area (TPSA) is 52.2 Å². The standard InChI is InChI=1S/C16H22N4O/c1-12(20-9-5-6-10-20)16(21)19(2)11-15-17-13-7-3-4-8-14(13)18-15/h3-4,7-8,12H,5-6,9-11H2,1-2H3,(H,17,18). The fraction of sp³-hybridized carbons (Fsp3) is 0.500. The molecule has 0 aliphatic carbocycles. The molecule has 2 aromatic rings. The van der Waals surface area contributed by atoms with E-state index in [0.717, 1.165) is 29.9 Å². The summed E-state index contributed by atoms with van der Waals surface area (Å²) < 4.78 is 0.